The summed E-state index contributed by atoms with van der Waals surface area (Å²) in [5.41, 5.74) is 6.13. The van der Waals surface area contributed by atoms with Crippen molar-refractivity contribution in [3.05, 3.63) is 59.1 Å². The van der Waals surface area contributed by atoms with E-state index >= 15 is 0 Å². The number of aryl methyl sites for hydroxylation is 2. The summed E-state index contributed by atoms with van der Waals surface area (Å²) in [6.45, 7) is 6.34. The number of allylic oxidation sites excluding steroid dienone is 4. The highest BCUT2D eigenvalue weighted by molar-refractivity contribution is 5.54. The van der Waals surface area contributed by atoms with Crippen molar-refractivity contribution in [1.82, 2.24) is 9.38 Å². The quantitative estimate of drug-likeness (QED) is 0.735. The maximum absolute atomic E-state index is 4.70. The normalized spacial score (nSPS) is 19.3. The lowest BCUT2D eigenvalue weighted by atomic mass is 9.92. The lowest BCUT2D eigenvalue weighted by Crippen LogP contribution is -2.01. The molecule has 0 spiro atoms. The van der Waals surface area contributed by atoms with Crippen LogP contribution in [0, 0.1) is 13.8 Å². The summed E-state index contributed by atoms with van der Waals surface area (Å²) in [7, 11) is 0. The summed E-state index contributed by atoms with van der Waals surface area (Å²) in [6, 6.07) is 4.33. The van der Waals surface area contributed by atoms with Gasteiger partial charge in [-0.2, -0.15) is 0 Å². The summed E-state index contributed by atoms with van der Waals surface area (Å²) < 4.78 is 2.18. The number of fused-ring (bicyclic) bond motifs is 1. The van der Waals surface area contributed by atoms with Gasteiger partial charge in [0.25, 0.3) is 0 Å². The monoisotopic (exact) mass is 238 g/mol. The molecule has 2 nitrogen and oxygen atoms in total. The molecule has 0 bridgehead atoms. The zero-order chi connectivity index (χ0) is 12.7. The fraction of sp³-hybridized carbons (Fsp3) is 0.312. The number of rotatable bonds is 1. The van der Waals surface area contributed by atoms with Crippen LogP contribution < -0.4 is 0 Å². The molecule has 2 heteroatoms. The average Bonchev–Trinajstić information content (AvgIpc) is 2.74. The van der Waals surface area contributed by atoms with E-state index in [0.717, 1.165) is 17.8 Å². The fourth-order valence-corrected chi connectivity index (χ4v) is 2.66. The van der Waals surface area contributed by atoms with Gasteiger partial charge in [-0.25, -0.2) is 4.98 Å². The third kappa shape index (κ3) is 1.78. The van der Waals surface area contributed by atoms with E-state index in [2.05, 4.69) is 61.7 Å². The highest BCUT2D eigenvalue weighted by atomic mass is 15.0. The van der Waals surface area contributed by atoms with Gasteiger partial charge in [0.15, 0.2) is 0 Å². The Hall–Kier alpha value is -1.83. The Bertz CT molecular complexity index is 659. The van der Waals surface area contributed by atoms with Gasteiger partial charge in [-0.3, -0.25) is 0 Å². The predicted molar refractivity (Wildman–Crippen MR) is 74.9 cm³/mol. The highest BCUT2D eigenvalue weighted by Crippen LogP contribution is 2.30. The zero-order valence-corrected chi connectivity index (χ0v) is 11.1. The molecule has 0 aliphatic heterocycles. The molecule has 92 valence electrons. The first-order valence-electron chi connectivity index (χ1n) is 6.45. The van der Waals surface area contributed by atoms with Crippen LogP contribution in [0.3, 0.4) is 0 Å². The Balaban J connectivity index is 2.11. The second kappa shape index (κ2) is 4.13. The minimum absolute atomic E-state index is 0.465. The second-order valence-corrected chi connectivity index (χ2v) is 5.15. The maximum atomic E-state index is 4.70. The van der Waals surface area contributed by atoms with Gasteiger partial charge in [0.2, 0.25) is 0 Å². The van der Waals surface area contributed by atoms with Crippen LogP contribution in [0.4, 0.5) is 0 Å². The molecule has 0 fully saturated rings. The largest absolute Gasteiger partial charge is 0.306 e. The number of aromatic nitrogens is 2. The lowest BCUT2D eigenvalue weighted by Gasteiger charge is -2.14. The Morgan fingerprint density at radius 1 is 1.28 bits per heavy atom. The summed E-state index contributed by atoms with van der Waals surface area (Å²) in [4.78, 5) is 4.70. The molecule has 2 aromatic heterocycles. The van der Waals surface area contributed by atoms with Gasteiger partial charge in [0.05, 0.1) is 0 Å². The minimum Gasteiger partial charge on any atom is -0.306 e. The highest BCUT2D eigenvalue weighted by Gasteiger charge is 2.15. The van der Waals surface area contributed by atoms with Crippen LogP contribution in [0.25, 0.3) is 5.65 Å². The van der Waals surface area contributed by atoms with Crippen LogP contribution in [-0.2, 0) is 0 Å². The molecule has 0 aromatic carbocycles. The van der Waals surface area contributed by atoms with Gasteiger partial charge in [-0.15, -0.1) is 0 Å². The Kier molecular flexibility index (Phi) is 2.58. The molecule has 0 N–H and O–H groups in total. The van der Waals surface area contributed by atoms with E-state index in [9.17, 15) is 0 Å². The van der Waals surface area contributed by atoms with Crippen LogP contribution in [0.15, 0.2) is 42.1 Å². The molecular weight excluding hydrogens is 220 g/mol. The predicted octanol–water partition coefficient (Wildman–Crippen LogP) is 3.94. The summed E-state index contributed by atoms with van der Waals surface area (Å²) in [5, 5.41) is 0. The van der Waals surface area contributed by atoms with Crippen molar-refractivity contribution >= 4 is 5.65 Å². The molecule has 0 amide bonds. The van der Waals surface area contributed by atoms with E-state index in [1.807, 2.05) is 0 Å². The molecule has 0 radical (unpaired) electrons. The molecule has 0 saturated heterocycles. The average molecular weight is 238 g/mol. The van der Waals surface area contributed by atoms with Crippen LogP contribution >= 0.6 is 0 Å². The number of hydrogen-bond donors (Lipinski definition) is 0. The van der Waals surface area contributed by atoms with Crippen LogP contribution in [0.2, 0.25) is 0 Å². The van der Waals surface area contributed by atoms with Crippen molar-refractivity contribution in [1.29, 1.82) is 0 Å². The van der Waals surface area contributed by atoms with E-state index < -0.39 is 0 Å². The van der Waals surface area contributed by atoms with Crippen molar-refractivity contribution in [2.45, 2.75) is 33.1 Å². The molecule has 2 aromatic rings. The first kappa shape index (κ1) is 11.3. The Labute approximate surface area is 108 Å². The van der Waals surface area contributed by atoms with Gasteiger partial charge >= 0.3 is 0 Å². The fourth-order valence-electron chi connectivity index (χ4n) is 2.66. The number of nitrogens with zero attached hydrogens (tertiary/aromatic N) is 2. The smallest absolute Gasteiger partial charge is 0.140 e. The molecule has 1 atom stereocenters. The molecule has 2 heterocycles. The van der Waals surface area contributed by atoms with Crippen molar-refractivity contribution < 1.29 is 0 Å². The van der Waals surface area contributed by atoms with E-state index in [-0.39, 0.29) is 0 Å². The summed E-state index contributed by atoms with van der Waals surface area (Å²) in [5.74, 6) is 0.465. The second-order valence-electron chi connectivity index (χ2n) is 5.15. The molecule has 0 saturated carbocycles. The standard InChI is InChI=1S/C16H18N2/c1-11-4-6-14(7-5-11)15-8-9-18-13(3)10-12(2)17-16(15)18/h4-6,8-10,14H,7H2,1-3H3. The topological polar surface area (TPSA) is 17.3 Å². The van der Waals surface area contributed by atoms with Crippen LogP contribution in [-0.4, -0.2) is 9.38 Å². The van der Waals surface area contributed by atoms with Gasteiger partial charge in [0.1, 0.15) is 5.65 Å². The summed E-state index contributed by atoms with van der Waals surface area (Å²) >= 11 is 0. The first-order chi connectivity index (χ1) is 8.65. The van der Waals surface area contributed by atoms with Gasteiger partial charge in [-0.1, -0.05) is 23.8 Å². The van der Waals surface area contributed by atoms with Crippen molar-refractivity contribution in [2.24, 2.45) is 0 Å². The molecule has 3 rings (SSSR count). The van der Waals surface area contributed by atoms with Crippen LogP contribution in [0.5, 0.6) is 0 Å². The number of hydrogen-bond acceptors (Lipinski definition) is 1. The Morgan fingerprint density at radius 2 is 2.11 bits per heavy atom. The molecule has 1 aliphatic carbocycles. The molecule has 18 heavy (non-hydrogen) atoms. The zero-order valence-electron chi connectivity index (χ0n) is 11.1. The minimum atomic E-state index is 0.465. The van der Waals surface area contributed by atoms with E-state index in [1.165, 1.54) is 16.8 Å². The first-order valence-corrected chi connectivity index (χ1v) is 6.45. The van der Waals surface area contributed by atoms with Gasteiger partial charge in [-0.05, 0) is 39.3 Å². The molecule has 1 aliphatic rings. The third-order valence-electron chi connectivity index (χ3n) is 3.65. The lowest BCUT2D eigenvalue weighted by molar-refractivity contribution is 0.847. The Morgan fingerprint density at radius 3 is 2.83 bits per heavy atom. The van der Waals surface area contributed by atoms with E-state index in [0.29, 0.717) is 5.92 Å². The van der Waals surface area contributed by atoms with Crippen molar-refractivity contribution in [2.75, 3.05) is 0 Å². The SMILES string of the molecule is CC1=CCC(c2ccn3c(C)cc(C)nc23)C=C1. The third-order valence-corrected chi connectivity index (χ3v) is 3.65. The van der Waals surface area contributed by atoms with Gasteiger partial charge in [0, 0.05) is 29.1 Å². The van der Waals surface area contributed by atoms with Crippen molar-refractivity contribution in [3.8, 4) is 0 Å². The molecular formula is C16H18N2. The maximum Gasteiger partial charge on any atom is 0.140 e. The van der Waals surface area contributed by atoms with Crippen molar-refractivity contribution in [3.63, 3.8) is 0 Å². The van der Waals surface area contributed by atoms with E-state index in [1.54, 1.807) is 0 Å². The summed E-state index contributed by atoms with van der Waals surface area (Å²) in [6.07, 6.45) is 10.0. The molecule has 1 unspecified atom stereocenters. The van der Waals surface area contributed by atoms with Crippen LogP contribution in [0.1, 0.15) is 36.2 Å². The van der Waals surface area contributed by atoms with Gasteiger partial charge < -0.3 is 4.40 Å². The van der Waals surface area contributed by atoms with E-state index in [4.69, 9.17) is 4.98 Å².